The molecular formula is C15H23NO4. The molecule has 0 atom stereocenters. The zero-order valence-electron chi connectivity index (χ0n) is 12.0. The highest BCUT2D eigenvalue weighted by Crippen LogP contribution is 2.09. The Morgan fingerprint density at radius 3 is 2.55 bits per heavy atom. The van der Waals surface area contributed by atoms with E-state index in [0.717, 1.165) is 17.5 Å². The third kappa shape index (κ3) is 6.65. The number of carbonyl (C=O) groups is 1. The van der Waals surface area contributed by atoms with Crippen LogP contribution in [0.25, 0.3) is 0 Å². The second kappa shape index (κ2) is 10.4. The molecule has 0 fully saturated rings. The van der Waals surface area contributed by atoms with E-state index >= 15 is 0 Å². The zero-order chi connectivity index (χ0) is 14.6. The maximum atomic E-state index is 11.7. The van der Waals surface area contributed by atoms with Gasteiger partial charge in [0.25, 0.3) is 0 Å². The van der Waals surface area contributed by atoms with Crippen LogP contribution in [-0.4, -0.2) is 39.5 Å². The van der Waals surface area contributed by atoms with Crippen molar-refractivity contribution in [3.8, 4) is 0 Å². The van der Waals surface area contributed by atoms with Crippen LogP contribution in [0, 0.1) is 0 Å². The lowest BCUT2D eigenvalue weighted by molar-refractivity contribution is -0.144. The summed E-state index contributed by atoms with van der Waals surface area (Å²) >= 11 is 0. The molecule has 0 radical (unpaired) electrons. The van der Waals surface area contributed by atoms with Gasteiger partial charge in [-0.25, -0.2) is 0 Å². The van der Waals surface area contributed by atoms with Gasteiger partial charge in [-0.1, -0.05) is 24.3 Å². The van der Waals surface area contributed by atoms with E-state index in [-0.39, 0.29) is 19.0 Å². The first-order valence-electron chi connectivity index (χ1n) is 6.77. The second-order valence-corrected chi connectivity index (χ2v) is 4.33. The van der Waals surface area contributed by atoms with E-state index < -0.39 is 0 Å². The molecular weight excluding hydrogens is 258 g/mol. The molecule has 0 heterocycles. The predicted molar refractivity (Wildman–Crippen MR) is 76.3 cm³/mol. The molecule has 112 valence electrons. The number of ether oxygens (including phenoxy) is 3. The minimum Gasteiger partial charge on any atom is -0.463 e. The summed E-state index contributed by atoms with van der Waals surface area (Å²) in [6, 6.07) is 7.61. The van der Waals surface area contributed by atoms with E-state index in [2.05, 4.69) is 0 Å². The molecule has 0 aromatic heterocycles. The maximum Gasteiger partial charge on any atom is 0.310 e. The summed E-state index contributed by atoms with van der Waals surface area (Å²) in [5, 5.41) is 0. The normalized spacial score (nSPS) is 10.5. The number of esters is 1. The van der Waals surface area contributed by atoms with Crippen LogP contribution in [0.5, 0.6) is 0 Å². The van der Waals surface area contributed by atoms with Gasteiger partial charge in [0, 0.05) is 26.9 Å². The Morgan fingerprint density at radius 1 is 1.10 bits per heavy atom. The predicted octanol–water partition coefficient (Wildman–Crippen LogP) is 1.28. The number of rotatable bonds is 10. The molecule has 1 aromatic carbocycles. The Labute approximate surface area is 120 Å². The van der Waals surface area contributed by atoms with Gasteiger partial charge >= 0.3 is 5.97 Å². The first kappa shape index (κ1) is 16.6. The molecule has 0 aliphatic rings. The van der Waals surface area contributed by atoms with Crippen LogP contribution in [-0.2, 0) is 32.0 Å². The van der Waals surface area contributed by atoms with Gasteiger partial charge in [0.1, 0.15) is 6.61 Å². The van der Waals surface area contributed by atoms with E-state index in [1.165, 1.54) is 0 Å². The monoisotopic (exact) mass is 281 g/mol. The summed E-state index contributed by atoms with van der Waals surface area (Å²) < 4.78 is 15.3. The lowest BCUT2D eigenvalue weighted by Crippen LogP contribution is -2.14. The quantitative estimate of drug-likeness (QED) is 0.517. The number of methoxy groups -OCH3 is 1. The lowest BCUT2D eigenvalue weighted by atomic mass is 10.1. The van der Waals surface area contributed by atoms with Crippen molar-refractivity contribution in [3.63, 3.8) is 0 Å². The third-order valence-electron chi connectivity index (χ3n) is 2.80. The zero-order valence-corrected chi connectivity index (χ0v) is 12.0. The fraction of sp³-hybridized carbons (Fsp3) is 0.533. The highest BCUT2D eigenvalue weighted by atomic mass is 16.6. The number of hydrogen-bond donors (Lipinski definition) is 1. The molecule has 2 N–H and O–H groups in total. The molecule has 0 saturated carbocycles. The summed E-state index contributed by atoms with van der Waals surface area (Å²) in [6.45, 7) is 2.40. The van der Waals surface area contributed by atoms with Crippen LogP contribution in [0.1, 0.15) is 17.5 Å². The van der Waals surface area contributed by atoms with Crippen molar-refractivity contribution < 1.29 is 19.0 Å². The summed E-state index contributed by atoms with van der Waals surface area (Å²) in [4.78, 5) is 11.7. The minimum atomic E-state index is -0.258. The summed E-state index contributed by atoms with van der Waals surface area (Å²) in [5.41, 5.74) is 7.51. The molecule has 0 unspecified atom stereocenters. The largest absolute Gasteiger partial charge is 0.463 e. The van der Waals surface area contributed by atoms with Crippen molar-refractivity contribution in [1.82, 2.24) is 0 Å². The van der Waals surface area contributed by atoms with Crippen molar-refractivity contribution >= 4 is 5.97 Å². The second-order valence-electron chi connectivity index (χ2n) is 4.33. The van der Waals surface area contributed by atoms with Crippen molar-refractivity contribution in [2.24, 2.45) is 5.73 Å². The Hall–Kier alpha value is -1.43. The molecule has 5 nitrogen and oxygen atoms in total. The molecule has 0 aliphatic heterocycles. The van der Waals surface area contributed by atoms with Crippen LogP contribution in [0.3, 0.4) is 0 Å². The van der Waals surface area contributed by atoms with Crippen molar-refractivity contribution in [1.29, 1.82) is 0 Å². The lowest BCUT2D eigenvalue weighted by Gasteiger charge is -2.08. The Bertz CT molecular complexity index is 395. The van der Waals surface area contributed by atoms with Crippen LogP contribution in [0.4, 0.5) is 0 Å². The van der Waals surface area contributed by atoms with E-state index in [4.69, 9.17) is 19.9 Å². The number of nitrogens with two attached hydrogens (primary N) is 1. The Kier molecular flexibility index (Phi) is 8.62. The molecule has 0 spiro atoms. The average Bonchev–Trinajstić information content (AvgIpc) is 2.47. The molecule has 5 heteroatoms. The summed E-state index contributed by atoms with van der Waals surface area (Å²) in [6.07, 6.45) is 1.09. The van der Waals surface area contributed by atoms with Crippen LogP contribution < -0.4 is 5.73 Å². The standard InChI is InChI=1S/C15H23NO4/c1-18-7-4-8-19-9-10-20-15(17)11-13-5-2-3-6-14(13)12-16/h2-3,5-6H,4,7-12,16H2,1H3. The van der Waals surface area contributed by atoms with E-state index in [1.807, 2.05) is 24.3 Å². The third-order valence-corrected chi connectivity index (χ3v) is 2.80. The number of hydrogen-bond acceptors (Lipinski definition) is 5. The van der Waals surface area contributed by atoms with Crippen molar-refractivity contribution in [2.75, 3.05) is 33.5 Å². The van der Waals surface area contributed by atoms with Crippen molar-refractivity contribution in [3.05, 3.63) is 35.4 Å². The fourth-order valence-electron chi connectivity index (χ4n) is 1.76. The van der Waals surface area contributed by atoms with Gasteiger partial charge in [0.05, 0.1) is 13.0 Å². The van der Waals surface area contributed by atoms with Gasteiger partial charge in [0.15, 0.2) is 0 Å². The van der Waals surface area contributed by atoms with Gasteiger partial charge in [-0.05, 0) is 17.5 Å². The SMILES string of the molecule is COCCCOCCOC(=O)Cc1ccccc1CN. The van der Waals surface area contributed by atoms with Gasteiger partial charge in [-0.3, -0.25) is 4.79 Å². The van der Waals surface area contributed by atoms with E-state index in [0.29, 0.717) is 26.4 Å². The van der Waals surface area contributed by atoms with Gasteiger partial charge in [-0.2, -0.15) is 0 Å². The smallest absolute Gasteiger partial charge is 0.310 e. The Balaban J connectivity index is 2.17. The molecule has 0 amide bonds. The molecule has 20 heavy (non-hydrogen) atoms. The Morgan fingerprint density at radius 2 is 1.85 bits per heavy atom. The van der Waals surface area contributed by atoms with Crippen LogP contribution in [0.2, 0.25) is 0 Å². The van der Waals surface area contributed by atoms with Crippen LogP contribution in [0.15, 0.2) is 24.3 Å². The van der Waals surface area contributed by atoms with Gasteiger partial charge in [-0.15, -0.1) is 0 Å². The first-order chi connectivity index (χ1) is 9.77. The van der Waals surface area contributed by atoms with E-state index in [1.54, 1.807) is 7.11 Å². The molecule has 1 rings (SSSR count). The number of benzene rings is 1. The fourth-order valence-corrected chi connectivity index (χ4v) is 1.76. The maximum absolute atomic E-state index is 11.7. The molecule has 0 saturated heterocycles. The molecule has 0 bridgehead atoms. The number of carbonyl (C=O) groups excluding carboxylic acids is 1. The van der Waals surface area contributed by atoms with Crippen molar-refractivity contribution in [2.45, 2.75) is 19.4 Å². The summed E-state index contributed by atoms with van der Waals surface area (Å²) in [7, 11) is 1.65. The highest BCUT2D eigenvalue weighted by molar-refractivity contribution is 5.73. The average molecular weight is 281 g/mol. The summed E-state index contributed by atoms with van der Waals surface area (Å²) in [5.74, 6) is -0.258. The highest BCUT2D eigenvalue weighted by Gasteiger charge is 2.07. The van der Waals surface area contributed by atoms with Crippen LogP contribution >= 0.6 is 0 Å². The molecule has 0 aliphatic carbocycles. The molecule has 1 aromatic rings. The first-order valence-corrected chi connectivity index (χ1v) is 6.77. The van der Waals surface area contributed by atoms with Gasteiger partial charge in [0.2, 0.25) is 0 Å². The minimum absolute atomic E-state index is 0.247. The topological polar surface area (TPSA) is 70.8 Å². The van der Waals surface area contributed by atoms with E-state index in [9.17, 15) is 4.79 Å². The van der Waals surface area contributed by atoms with Gasteiger partial charge < -0.3 is 19.9 Å².